The minimum absolute atomic E-state index is 0.0917. The van der Waals surface area contributed by atoms with Crippen LogP contribution in [0.4, 0.5) is 0 Å². The zero-order valence-corrected chi connectivity index (χ0v) is 30.0. The molecule has 0 atom stereocenters. The molecule has 0 saturated carbocycles. The molecule has 0 fully saturated rings. The van der Waals surface area contributed by atoms with Crippen LogP contribution < -0.4 is 9.47 Å². The van der Waals surface area contributed by atoms with Gasteiger partial charge in [-0.25, -0.2) is 0 Å². The molecule has 0 spiro atoms. The lowest BCUT2D eigenvalue weighted by molar-refractivity contribution is 0.304. The van der Waals surface area contributed by atoms with Crippen LogP contribution in [-0.4, -0.2) is 13.7 Å². The van der Waals surface area contributed by atoms with Gasteiger partial charge in [0.2, 0.25) is 0 Å². The second-order valence-electron chi connectivity index (χ2n) is 13.8. The summed E-state index contributed by atoms with van der Waals surface area (Å²) in [6.07, 6.45) is 7.67. The Labute approximate surface area is 296 Å². The van der Waals surface area contributed by atoms with Crippen molar-refractivity contribution in [3.05, 3.63) is 132 Å². The van der Waals surface area contributed by atoms with Gasteiger partial charge in [0.15, 0.2) is 0 Å². The van der Waals surface area contributed by atoms with Crippen molar-refractivity contribution in [3.8, 4) is 65.8 Å². The number of hydrogen-bond donors (Lipinski definition) is 0. The van der Waals surface area contributed by atoms with E-state index in [1.165, 1.54) is 97.5 Å². The molecule has 2 nitrogen and oxygen atoms in total. The summed E-state index contributed by atoms with van der Waals surface area (Å²) >= 11 is 1.84. The topological polar surface area (TPSA) is 18.5 Å². The molecule has 0 N–H and O–H groups in total. The van der Waals surface area contributed by atoms with E-state index in [1.54, 1.807) is 7.11 Å². The van der Waals surface area contributed by atoms with Gasteiger partial charge in [-0.15, -0.1) is 11.3 Å². The monoisotopic (exact) mass is 662 g/mol. The molecule has 1 aliphatic carbocycles. The zero-order chi connectivity index (χ0) is 33.8. The molecule has 1 aromatic heterocycles. The standard InChI is InChI=1S/C46H46O2S/c1-5-6-7-8-9-10-29-48-39-23-15-33(16-24-39)32-11-13-34(14-12-32)36-19-25-40-41-26-20-37(31-43(41)46(2,3)42(40)30-36)45-28-27-44(49-45)35-17-21-38(47-4)22-18-35/h11-28,30-31H,5-10,29H2,1-4H3. The van der Waals surface area contributed by atoms with Crippen molar-refractivity contribution in [1.29, 1.82) is 0 Å². The molecule has 7 rings (SSSR count). The van der Waals surface area contributed by atoms with Gasteiger partial charge < -0.3 is 9.47 Å². The third-order valence-corrected chi connectivity index (χ3v) is 11.3. The molecule has 0 aliphatic heterocycles. The Hall–Kier alpha value is -4.60. The van der Waals surface area contributed by atoms with E-state index in [2.05, 4.69) is 130 Å². The van der Waals surface area contributed by atoms with Gasteiger partial charge in [-0.1, -0.05) is 114 Å². The Morgan fingerprint density at radius 1 is 0.490 bits per heavy atom. The molecule has 0 saturated heterocycles. The Morgan fingerprint density at radius 3 is 1.59 bits per heavy atom. The van der Waals surface area contributed by atoms with E-state index in [0.29, 0.717) is 0 Å². The van der Waals surface area contributed by atoms with Gasteiger partial charge in [-0.2, -0.15) is 0 Å². The van der Waals surface area contributed by atoms with Gasteiger partial charge >= 0.3 is 0 Å². The smallest absolute Gasteiger partial charge is 0.119 e. The van der Waals surface area contributed by atoms with Crippen molar-refractivity contribution in [1.82, 2.24) is 0 Å². The van der Waals surface area contributed by atoms with Crippen molar-refractivity contribution in [2.24, 2.45) is 0 Å². The number of benzene rings is 5. The first-order valence-electron chi connectivity index (χ1n) is 17.8. The van der Waals surface area contributed by atoms with E-state index < -0.39 is 0 Å². The molecule has 6 aromatic rings. The van der Waals surface area contributed by atoms with E-state index in [-0.39, 0.29) is 5.41 Å². The van der Waals surface area contributed by atoms with Gasteiger partial charge in [0.25, 0.3) is 0 Å². The van der Waals surface area contributed by atoms with Crippen LogP contribution >= 0.6 is 11.3 Å². The number of unbranched alkanes of at least 4 members (excludes halogenated alkanes) is 5. The molecule has 1 heterocycles. The minimum Gasteiger partial charge on any atom is -0.497 e. The summed E-state index contributed by atoms with van der Waals surface area (Å²) in [4.78, 5) is 2.55. The molecule has 5 aromatic carbocycles. The first kappa shape index (κ1) is 32.9. The lowest BCUT2D eigenvalue weighted by Gasteiger charge is -2.22. The molecule has 0 bridgehead atoms. The molecule has 248 valence electrons. The number of fused-ring (bicyclic) bond motifs is 3. The van der Waals surface area contributed by atoms with Gasteiger partial charge in [-0.05, 0) is 123 Å². The van der Waals surface area contributed by atoms with Crippen LogP contribution in [0.15, 0.2) is 121 Å². The minimum atomic E-state index is -0.0917. The number of rotatable bonds is 13. The van der Waals surface area contributed by atoms with Crippen molar-refractivity contribution in [3.63, 3.8) is 0 Å². The van der Waals surface area contributed by atoms with Gasteiger partial charge in [0, 0.05) is 15.2 Å². The number of thiophene rings is 1. The van der Waals surface area contributed by atoms with Crippen molar-refractivity contribution >= 4 is 11.3 Å². The maximum absolute atomic E-state index is 6.01. The van der Waals surface area contributed by atoms with Crippen LogP contribution in [0.2, 0.25) is 0 Å². The zero-order valence-electron chi connectivity index (χ0n) is 29.2. The fourth-order valence-corrected chi connectivity index (χ4v) is 8.15. The highest BCUT2D eigenvalue weighted by Gasteiger charge is 2.36. The van der Waals surface area contributed by atoms with E-state index >= 15 is 0 Å². The van der Waals surface area contributed by atoms with Crippen molar-refractivity contribution < 1.29 is 9.47 Å². The fraction of sp³-hybridized carbons (Fsp3) is 0.261. The molecular weight excluding hydrogens is 617 g/mol. The predicted octanol–water partition coefficient (Wildman–Crippen LogP) is 13.5. The molecular formula is C46H46O2S. The summed E-state index contributed by atoms with van der Waals surface area (Å²) in [6, 6.07) is 44.4. The maximum Gasteiger partial charge on any atom is 0.119 e. The molecule has 0 amide bonds. The number of methoxy groups -OCH3 is 1. The summed E-state index contributed by atoms with van der Waals surface area (Å²) < 4.78 is 11.4. The molecule has 1 aliphatic rings. The predicted molar refractivity (Wildman–Crippen MR) is 209 cm³/mol. The van der Waals surface area contributed by atoms with Crippen LogP contribution in [0.3, 0.4) is 0 Å². The lowest BCUT2D eigenvalue weighted by atomic mass is 9.81. The average molecular weight is 663 g/mol. The first-order valence-corrected chi connectivity index (χ1v) is 18.6. The normalized spacial score (nSPS) is 12.8. The summed E-state index contributed by atoms with van der Waals surface area (Å²) in [7, 11) is 1.71. The van der Waals surface area contributed by atoms with Gasteiger partial charge in [-0.3, -0.25) is 0 Å². The van der Waals surface area contributed by atoms with Crippen molar-refractivity contribution in [2.45, 2.75) is 64.7 Å². The molecule has 0 unspecified atom stereocenters. The highest BCUT2D eigenvalue weighted by Crippen LogP contribution is 2.51. The Bertz CT molecular complexity index is 2010. The lowest BCUT2D eigenvalue weighted by Crippen LogP contribution is -2.15. The first-order chi connectivity index (χ1) is 23.9. The van der Waals surface area contributed by atoms with E-state index in [0.717, 1.165) is 24.5 Å². The SMILES string of the molecule is CCCCCCCCOc1ccc(-c2ccc(-c3ccc4c(c3)C(C)(C)c3cc(-c5ccc(-c6ccc(OC)cc6)s5)ccc3-4)cc2)cc1. The second-order valence-corrected chi connectivity index (χ2v) is 14.8. The van der Waals surface area contributed by atoms with E-state index in [1.807, 2.05) is 23.5 Å². The van der Waals surface area contributed by atoms with Gasteiger partial charge in [0.05, 0.1) is 13.7 Å². The molecule has 49 heavy (non-hydrogen) atoms. The summed E-state index contributed by atoms with van der Waals surface area (Å²) in [5, 5.41) is 0. The Balaban J connectivity index is 1.04. The maximum atomic E-state index is 6.01. The van der Waals surface area contributed by atoms with Crippen LogP contribution in [-0.2, 0) is 5.41 Å². The summed E-state index contributed by atoms with van der Waals surface area (Å²) in [6.45, 7) is 7.79. The summed E-state index contributed by atoms with van der Waals surface area (Å²) in [5.41, 5.74) is 12.8. The quantitative estimate of drug-likeness (QED) is 0.115. The highest BCUT2D eigenvalue weighted by atomic mass is 32.1. The largest absolute Gasteiger partial charge is 0.497 e. The third-order valence-electron chi connectivity index (χ3n) is 10.1. The molecule has 0 radical (unpaired) electrons. The van der Waals surface area contributed by atoms with Crippen LogP contribution in [0, 0.1) is 0 Å². The number of ether oxygens (including phenoxy) is 2. The van der Waals surface area contributed by atoms with E-state index in [4.69, 9.17) is 9.47 Å². The Kier molecular flexibility index (Phi) is 9.73. The third kappa shape index (κ3) is 6.96. The average Bonchev–Trinajstić information content (AvgIpc) is 3.72. The Morgan fingerprint density at radius 2 is 0.959 bits per heavy atom. The summed E-state index contributed by atoms with van der Waals surface area (Å²) in [5.74, 6) is 1.84. The van der Waals surface area contributed by atoms with Crippen LogP contribution in [0.25, 0.3) is 54.3 Å². The fourth-order valence-electron chi connectivity index (χ4n) is 7.14. The van der Waals surface area contributed by atoms with Crippen LogP contribution in [0.5, 0.6) is 11.5 Å². The highest BCUT2D eigenvalue weighted by molar-refractivity contribution is 7.18. The molecule has 3 heteroatoms. The van der Waals surface area contributed by atoms with Crippen molar-refractivity contribution in [2.75, 3.05) is 13.7 Å². The second kappa shape index (κ2) is 14.5. The number of hydrogen-bond acceptors (Lipinski definition) is 3. The van der Waals surface area contributed by atoms with Gasteiger partial charge in [0.1, 0.15) is 11.5 Å². The van der Waals surface area contributed by atoms with Crippen LogP contribution in [0.1, 0.15) is 70.4 Å². The van der Waals surface area contributed by atoms with E-state index in [9.17, 15) is 0 Å².